The molecular formula is C11H21N3O2. The predicted molar refractivity (Wildman–Crippen MR) is 61.7 cm³/mol. The summed E-state index contributed by atoms with van der Waals surface area (Å²) in [6, 6.07) is 0. The quantitative estimate of drug-likeness (QED) is 0.507. The highest BCUT2D eigenvalue weighted by molar-refractivity contribution is 5.96. The van der Waals surface area contributed by atoms with Crippen molar-refractivity contribution in [1.82, 2.24) is 10.2 Å². The van der Waals surface area contributed by atoms with E-state index in [1.807, 2.05) is 0 Å². The highest BCUT2D eigenvalue weighted by atomic mass is 16.2. The van der Waals surface area contributed by atoms with Crippen molar-refractivity contribution in [3.05, 3.63) is 0 Å². The number of hydrogen-bond acceptors (Lipinski definition) is 3. The number of nitrogens with one attached hydrogen (secondary N) is 1. The number of likely N-dealkylation sites (tertiary alicyclic amines) is 1. The molecule has 0 aromatic carbocycles. The molecule has 0 aromatic heterocycles. The number of carbonyl (C=O) groups is 2. The van der Waals surface area contributed by atoms with Crippen LogP contribution < -0.4 is 11.1 Å². The average Bonchev–Trinajstić information content (AvgIpc) is 2.30. The van der Waals surface area contributed by atoms with E-state index in [1.54, 1.807) is 4.90 Å². The Hall–Kier alpha value is -1.10. The summed E-state index contributed by atoms with van der Waals surface area (Å²) in [5, 5.41) is 2.69. The van der Waals surface area contributed by atoms with Crippen molar-refractivity contribution in [3.8, 4) is 0 Å². The molecular weight excluding hydrogens is 206 g/mol. The number of rotatable bonds is 5. The first kappa shape index (κ1) is 13.0. The van der Waals surface area contributed by atoms with Crippen molar-refractivity contribution in [2.75, 3.05) is 26.2 Å². The van der Waals surface area contributed by atoms with E-state index in [2.05, 4.69) is 5.32 Å². The van der Waals surface area contributed by atoms with Crippen LogP contribution in [0.2, 0.25) is 0 Å². The molecule has 1 aliphatic rings. The molecule has 1 heterocycles. The van der Waals surface area contributed by atoms with E-state index in [4.69, 9.17) is 5.73 Å². The molecule has 0 unspecified atom stereocenters. The summed E-state index contributed by atoms with van der Waals surface area (Å²) in [6.07, 6.45) is 4.03. The fraction of sp³-hybridized carbons (Fsp3) is 0.818. The van der Waals surface area contributed by atoms with Gasteiger partial charge in [0.1, 0.15) is 6.42 Å². The topological polar surface area (TPSA) is 75.4 Å². The van der Waals surface area contributed by atoms with Crippen molar-refractivity contribution in [2.24, 2.45) is 5.73 Å². The highest BCUT2D eigenvalue weighted by Crippen LogP contribution is 2.09. The molecule has 0 spiro atoms. The van der Waals surface area contributed by atoms with Gasteiger partial charge in [0, 0.05) is 19.6 Å². The van der Waals surface area contributed by atoms with Crippen LogP contribution in [0.4, 0.5) is 0 Å². The molecule has 92 valence electrons. The van der Waals surface area contributed by atoms with Gasteiger partial charge in [-0.1, -0.05) is 0 Å². The molecule has 5 heteroatoms. The van der Waals surface area contributed by atoms with Crippen molar-refractivity contribution < 1.29 is 9.59 Å². The van der Waals surface area contributed by atoms with Crippen molar-refractivity contribution in [1.29, 1.82) is 0 Å². The van der Waals surface area contributed by atoms with Gasteiger partial charge in [0.15, 0.2) is 0 Å². The Labute approximate surface area is 96.4 Å². The third-order valence-electron chi connectivity index (χ3n) is 2.72. The van der Waals surface area contributed by atoms with Gasteiger partial charge in [0.25, 0.3) is 0 Å². The molecule has 3 N–H and O–H groups in total. The van der Waals surface area contributed by atoms with E-state index in [1.165, 1.54) is 6.42 Å². The second-order valence-corrected chi connectivity index (χ2v) is 4.11. The van der Waals surface area contributed by atoms with Crippen molar-refractivity contribution >= 4 is 11.8 Å². The SMILES string of the molecule is NCCCNC(=O)CC(=O)N1CCCCC1. The third kappa shape index (κ3) is 4.61. The lowest BCUT2D eigenvalue weighted by Gasteiger charge is -2.26. The van der Waals surface area contributed by atoms with Gasteiger partial charge < -0.3 is 16.0 Å². The molecule has 0 atom stereocenters. The molecule has 0 aliphatic carbocycles. The Morgan fingerprint density at radius 2 is 1.88 bits per heavy atom. The summed E-state index contributed by atoms with van der Waals surface area (Å²) in [4.78, 5) is 24.8. The predicted octanol–water partition coefficient (Wildman–Crippen LogP) is -0.146. The Morgan fingerprint density at radius 3 is 2.50 bits per heavy atom. The maximum Gasteiger partial charge on any atom is 0.232 e. The second kappa shape index (κ2) is 7.22. The van der Waals surface area contributed by atoms with E-state index in [0.29, 0.717) is 13.1 Å². The van der Waals surface area contributed by atoms with Gasteiger partial charge in [-0.3, -0.25) is 9.59 Å². The second-order valence-electron chi connectivity index (χ2n) is 4.11. The van der Waals surface area contributed by atoms with Gasteiger partial charge in [0.2, 0.25) is 11.8 Å². The maximum atomic E-state index is 11.7. The van der Waals surface area contributed by atoms with Crippen LogP contribution in [0.25, 0.3) is 0 Å². The lowest BCUT2D eigenvalue weighted by Crippen LogP contribution is -2.39. The zero-order valence-electron chi connectivity index (χ0n) is 9.71. The van der Waals surface area contributed by atoms with Gasteiger partial charge in [-0.25, -0.2) is 0 Å². The van der Waals surface area contributed by atoms with Crippen LogP contribution in [0, 0.1) is 0 Å². The van der Waals surface area contributed by atoms with Gasteiger partial charge in [0.05, 0.1) is 0 Å². The smallest absolute Gasteiger partial charge is 0.232 e. The first-order valence-electron chi connectivity index (χ1n) is 5.98. The number of nitrogens with zero attached hydrogens (tertiary/aromatic N) is 1. The molecule has 2 amide bonds. The molecule has 1 fully saturated rings. The van der Waals surface area contributed by atoms with E-state index in [0.717, 1.165) is 32.4 Å². The average molecular weight is 227 g/mol. The third-order valence-corrected chi connectivity index (χ3v) is 2.72. The summed E-state index contributed by atoms with van der Waals surface area (Å²) in [5.41, 5.74) is 5.31. The number of nitrogens with two attached hydrogens (primary N) is 1. The maximum absolute atomic E-state index is 11.7. The number of amides is 2. The Morgan fingerprint density at radius 1 is 1.19 bits per heavy atom. The van der Waals surface area contributed by atoms with Crippen LogP contribution in [0.1, 0.15) is 32.1 Å². The van der Waals surface area contributed by atoms with Gasteiger partial charge >= 0.3 is 0 Å². The lowest BCUT2D eigenvalue weighted by atomic mass is 10.1. The van der Waals surface area contributed by atoms with E-state index < -0.39 is 0 Å². The molecule has 16 heavy (non-hydrogen) atoms. The minimum absolute atomic E-state index is 0.0232. The van der Waals surface area contributed by atoms with E-state index in [9.17, 15) is 9.59 Å². The Kier molecular flexibility index (Phi) is 5.85. The van der Waals surface area contributed by atoms with Crippen LogP contribution >= 0.6 is 0 Å². The molecule has 0 radical (unpaired) electrons. The lowest BCUT2D eigenvalue weighted by molar-refractivity contribution is -0.136. The fourth-order valence-electron chi connectivity index (χ4n) is 1.78. The molecule has 0 bridgehead atoms. The summed E-state index contributed by atoms with van der Waals surface area (Å²) >= 11 is 0. The van der Waals surface area contributed by atoms with Crippen LogP contribution in [-0.2, 0) is 9.59 Å². The largest absolute Gasteiger partial charge is 0.356 e. The monoisotopic (exact) mass is 227 g/mol. The van der Waals surface area contributed by atoms with Crippen molar-refractivity contribution in [3.63, 3.8) is 0 Å². The fourth-order valence-corrected chi connectivity index (χ4v) is 1.78. The van der Waals surface area contributed by atoms with Gasteiger partial charge in [-0.15, -0.1) is 0 Å². The van der Waals surface area contributed by atoms with E-state index in [-0.39, 0.29) is 18.2 Å². The first-order valence-corrected chi connectivity index (χ1v) is 5.98. The zero-order valence-corrected chi connectivity index (χ0v) is 9.71. The standard InChI is InChI=1S/C11H21N3O2/c12-5-4-6-13-10(15)9-11(16)14-7-2-1-3-8-14/h1-9,12H2,(H,13,15). The molecule has 0 saturated carbocycles. The molecule has 1 saturated heterocycles. The Balaban J connectivity index is 2.19. The summed E-state index contributed by atoms with van der Waals surface area (Å²) < 4.78 is 0. The number of hydrogen-bond donors (Lipinski definition) is 2. The van der Waals surface area contributed by atoms with Crippen LogP contribution in [0.5, 0.6) is 0 Å². The highest BCUT2D eigenvalue weighted by Gasteiger charge is 2.18. The van der Waals surface area contributed by atoms with Crippen LogP contribution in [0.15, 0.2) is 0 Å². The van der Waals surface area contributed by atoms with E-state index >= 15 is 0 Å². The first-order chi connectivity index (χ1) is 7.74. The van der Waals surface area contributed by atoms with Crippen LogP contribution in [-0.4, -0.2) is 42.9 Å². The normalized spacial score (nSPS) is 15.9. The molecule has 1 aliphatic heterocycles. The number of piperidine rings is 1. The summed E-state index contributed by atoms with van der Waals surface area (Å²) in [7, 11) is 0. The zero-order chi connectivity index (χ0) is 11.8. The van der Waals surface area contributed by atoms with Gasteiger partial charge in [-0.05, 0) is 32.2 Å². The summed E-state index contributed by atoms with van der Waals surface area (Å²) in [5.74, 6) is -0.242. The minimum Gasteiger partial charge on any atom is -0.356 e. The van der Waals surface area contributed by atoms with Crippen LogP contribution in [0.3, 0.4) is 0 Å². The number of carbonyl (C=O) groups excluding carboxylic acids is 2. The Bertz CT molecular complexity index is 237. The molecule has 0 aromatic rings. The summed E-state index contributed by atoms with van der Waals surface area (Å²) in [6.45, 7) is 2.72. The minimum atomic E-state index is -0.191. The molecule has 5 nitrogen and oxygen atoms in total. The van der Waals surface area contributed by atoms with Crippen molar-refractivity contribution in [2.45, 2.75) is 32.1 Å². The molecule has 1 rings (SSSR count). The van der Waals surface area contributed by atoms with Gasteiger partial charge in [-0.2, -0.15) is 0 Å².